The molecular formula is C27H23ClN2O6S. The van der Waals surface area contributed by atoms with Crippen LogP contribution in [0.3, 0.4) is 0 Å². The van der Waals surface area contributed by atoms with Gasteiger partial charge in [0, 0.05) is 21.5 Å². The Morgan fingerprint density at radius 1 is 1.19 bits per heavy atom. The molecule has 0 fully saturated rings. The van der Waals surface area contributed by atoms with Crippen LogP contribution >= 0.6 is 22.9 Å². The zero-order chi connectivity index (χ0) is 26.5. The number of nitrogens with zero attached hydrogens (tertiary/aromatic N) is 1. The molecular weight excluding hydrogens is 516 g/mol. The number of furan rings is 1. The molecule has 1 aromatic carbocycles. The standard InChI is InChI=1S/C27H23ClN2O6S/c1-3-35-27(33)23-19-6-4-5-7-22(19)37-25(23)30-24(31)15(14-29)12-17-9-11-21(36-17)20-13-16(28)8-10-18(20)26(32)34-2/h8-13H,3-7H2,1-2H3,(H,30,31)/b15-12-. The van der Waals surface area contributed by atoms with E-state index in [2.05, 4.69) is 5.32 Å². The van der Waals surface area contributed by atoms with Crippen molar-refractivity contribution in [3.05, 3.63) is 68.3 Å². The van der Waals surface area contributed by atoms with Crippen molar-refractivity contribution in [1.29, 1.82) is 5.26 Å². The summed E-state index contributed by atoms with van der Waals surface area (Å²) in [7, 11) is 1.27. The molecule has 0 radical (unpaired) electrons. The summed E-state index contributed by atoms with van der Waals surface area (Å²) >= 11 is 7.44. The zero-order valence-electron chi connectivity index (χ0n) is 20.2. The van der Waals surface area contributed by atoms with Gasteiger partial charge in [0.15, 0.2) is 0 Å². The highest BCUT2D eigenvalue weighted by Crippen LogP contribution is 2.39. The van der Waals surface area contributed by atoms with Gasteiger partial charge in [-0.15, -0.1) is 11.3 Å². The fourth-order valence-electron chi connectivity index (χ4n) is 4.12. The third kappa shape index (κ3) is 5.61. The number of hydrogen-bond donors (Lipinski definition) is 1. The monoisotopic (exact) mass is 538 g/mol. The van der Waals surface area contributed by atoms with E-state index in [1.54, 1.807) is 31.2 Å². The number of carbonyl (C=O) groups is 3. The molecule has 190 valence electrons. The van der Waals surface area contributed by atoms with Crippen LogP contribution in [0.2, 0.25) is 5.02 Å². The maximum Gasteiger partial charge on any atom is 0.341 e. The summed E-state index contributed by atoms with van der Waals surface area (Å²) in [6.07, 6.45) is 4.83. The lowest BCUT2D eigenvalue weighted by atomic mass is 9.95. The third-order valence-electron chi connectivity index (χ3n) is 5.81. The Kier molecular flexibility index (Phi) is 8.11. The molecule has 1 amide bonds. The van der Waals surface area contributed by atoms with Gasteiger partial charge >= 0.3 is 11.9 Å². The summed E-state index contributed by atoms with van der Waals surface area (Å²) in [6.45, 7) is 1.94. The first kappa shape index (κ1) is 26.2. The van der Waals surface area contributed by atoms with Crippen molar-refractivity contribution in [1.82, 2.24) is 0 Å². The minimum Gasteiger partial charge on any atom is -0.465 e. The molecule has 3 aromatic rings. The van der Waals surface area contributed by atoms with E-state index < -0.39 is 17.8 Å². The molecule has 2 aromatic heterocycles. The topological polar surface area (TPSA) is 119 Å². The SMILES string of the molecule is CCOC(=O)c1c(NC(=O)/C(C#N)=C\c2ccc(-c3cc(Cl)ccc3C(=O)OC)o2)sc2c1CCCC2. The Balaban J connectivity index is 1.62. The van der Waals surface area contributed by atoms with Gasteiger partial charge in [0.1, 0.15) is 28.2 Å². The van der Waals surface area contributed by atoms with Gasteiger partial charge in [-0.1, -0.05) is 11.6 Å². The van der Waals surface area contributed by atoms with Gasteiger partial charge in [-0.2, -0.15) is 5.26 Å². The number of hydrogen-bond acceptors (Lipinski definition) is 8. The number of amides is 1. The molecule has 1 aliphatic rings. The third-order valence-corrected chi connectivity index (χ3v) is 7.25. The predicted octanol–water partition coefficient (Wildman–Crippen LogP) is 6.05. The molecule has 4 rings (SSSR count). The van der Waals surface area contributed by atoms with E-state index in [1.807, 2.05) is 6.07 Å². The summed E-state index contributed by atoms with van der Waals surface area (Å²) in [6, 6.07) is 9.70. The number of fused-ring (bicyclic) bond motifs is 1. The first-order chi connectivity index (χ1) is 17.9. The Bertz CT molecular complexity index is 1450. The quantitative estimate of drug-likeness (QED) is 0.221. The lowest BCUT2D eigenvalue weighted by Crippen LogP contribution is -2.16. The lowest BCUT2D eigenvalue weighted by Gasteiger charge is -2.12. The first-order valence-electron chi connectivity index (χ1n) is 11.6. The number of anilines is 1. The van der Waals surface area contributed by atoms with Crippen LogP contribution in [-0.2, 0) is 27.1 Å². The van der Waals surface area contributed by atoms with E-state index in [1.165, 1.54) is 30.6 Å². The number of carbonyl (C=O) groups excluding carboxylic acids is 3. The van der Waals surface area contributed by atoms with Crippen molar-refractivity contribution in [3.63, 3.8) is 0 Å². The molecule has 0 saturated carbocycles. The highest BCUT2D eigenvalue weighted by molar-refractivity contribution is 7.17. The number of rotatable bonds is 7. The average molecular weight is 539 g/mol. The van der Waals surface area contributed by atoms with Crippen LogP contribution in [0.4, 0.5) is 5.00 Å². The Hall–Kier alpha value is -3.87. The molecule has 0 saturated heterocycles. The summed E-state index contributed by atoms with van der Waals surface area (Å²) in [5.74, 6) is -1.20. The van der Waals surface area contributed by atoms with E-state index in [-0.39, 0.29) is 23.5 Å². The van der Waals surface area contributed by atoms with E-state index in [0.717, 1.165) is 36.1 Å². The number of nitriles is 1. The van der Waals surface area contributed by atoms with Crippen LogP contribution in [0.5, 0.6) is 0 Å². The van der Waals surface area contributed by atoms with Gasteiger partial charge in [-0.3, -0.25) is 4.79 Å². The average Bonchev–Trinajstić information content (AvgIpc) is 3.51. The Morgan fingerprint density at radius 2 is 1.97 bits per heavy atom. The Labute approximate surface area is 222 Å². The van der Waals surface area contributed by atoms with E-state index in [9.17, 15) is 19.6 Å². The van der Waals surface area contributed by atoms with Crippen molar-refractivity contribution in [2.45, 2.75) is 32.6 Å². The normalized spacial score (nSPS) is 12.9. The second-order valence-electron chi connectivity index (χ2n) is 8.14. The van der Waals surface area contributed by atoms with Crippen LogP contribution in [0.1, 0.15) is 56.7 Å². The molecule has 8 nitrogen and oxygen atoms in total. The predicted molar refractivity (Wildman–Crippen MR) is 140 cm³/mol. The minimum atomic E-state index is -0.678. The van der Waals surface area contributed by atoms with Gasteiger partial charge in [0.25, 0.3) is 5.91 Å². The van der Waals surface area contributed by atoms with Crippen LogP contribution in [-0.4, -0.2) is 31.6 Å². The number of thiophene rings is 1. The summed E-state index contributed by atoms with van der Waals surface area (Å²) in [5, 5.41) is 13.2. The fourth-order valence-corrected chi connectivity index (χ4v) is 5.56. The summed E-state index contributed by atoms with van der Waals surface area (Å²) in [4.78, 5) is 38.9. The van der Waals surface area contributed by atoms with Gasteiger partial charge in [-0.05, 0) is 68.5 Å². The van der Waals surface area contributed by atoms with Crippen LogP contribution in [0.25, 0.3) is 17.4 Å². The molecule has 1 N–H and O–H groups in total. The zero-order valence-corrected chi connectivity index (χ0v) is 21.8. The summed E-state index contributed by atoms with van der Waals surface area (Å²) in [5.41, 5.74) is 1.71. The van der Waals surface area contributed by atoms with Crippen molar-refractivity contribution < 1.29 is 28.3 Å². The smallest absolute Gasteiger partial charge is 0.341 e. The lowest BCUT2D eigenvalue weighted by molar-refractivity contribution is -0.112. The number of esters is 2. The Morgan fingerprint density at radius 3 is 2.70 bits per heavy atom. The highest BCUT2D eigenvalue weighted by Gasteiger charge is 2.28. The molecule has 0 atom stereocenters. The molecule has 0 spiro atoms. The van der Waals surface area contributed by atoms with Gasteiger partial charge in [-0.25, -0.2) is 9.59 Å². The van der Waals surface area contributed by atoms with Crippen LogP contribution in [0, 0.1) is 11.3 Å². The molecule has 37 heavy (non-hydrogen) atoms. The van der Waals surface area contributed by atoms with Crippen molar-refractivity contribution in [2.75, 3.05) is 19.0 Å². The molecule has 1 aliphatic carbocycles. The maximum atomic E-state index is 13.0. The number of ether oxygens (including phenoxy) is 2. The van der Waals surface area contributed by atoms with E-state index in [4.69, 9.17) is 25.5 Å². The van der Waals surface area contributed by atoms with Crippen molar-refractivity contribution >= 4 is 51.9 Å². The van der Waals surface area contributed by atoms with Crippen LogP contribution in [0.15, 0.2) is 40.3 Å². The fraction of sp³-hybridized carbons (Fsp3) is 0.259. The van der Waals surface area contributed by atoms with Crippen molar-refractivity contribution in [2.24, 2.45) is 0 Å². The molecule has 2 heterocycles. The van der Waals surface area contributed by atoms with Gasteiger partial charge < -0.3 is 19.2 Å². The highest BCUT2D eigenvalue weighted by atomic mass is 35.5. The number of methoxy groups -OCH3 is 1. The number of nitrogens with one attached hydrogen (secondary N) is 1. The molecule has 0 unspecified atom stereocenters. The number of halogens is 1. The van der Waals surface area contributed by atoms with E-state index >= 15 is 0 Å². The van der Waals surface area contributed by atoms with Gasteiger partial charge in [0.05, 0.1) is 24.8 Å². The summed E-state index contributed by atoms with van der Waals surface area (Å²) < 4.78 is 15.9. The largest absolute Gasteiger partial charge is 0.465 e. The van der Waals surface area contributed by atoms with Crippen LogP contribution < -0.4 is 5.32 Å². The minimum absolute atomic E-state index is 0.214. The first-order valence-corrected chi connectivity index (χ1v) is 12.8. The van der Waals surface area contributed by atoms with Crippen molar-refractivity contribution in [3.8, 4) is 17.4 Å². The number of benzene rings is 1. The number of aryl methyl sites for hydroxylation is 1. The molecule has 0 aliphatic heterocycles. The molecule has 0 bridgehead atoms. The molecule has 10 heteroatoms. The second-order valence-corrected chi connectivity index (χ2v) is 9.68. The van der Waals surface area contributed by atoms with Gasteiger partial charge in [0.2, 0.25) is 0 Å². The van der Waals surface area contributed by atoms with E-state index in [0.29, 0.717) is 26.9 Å². The second kappa shape index (κ2) is 11.5. The maximum absolute atomic E-state index is 13.0.